The van der Waals surface area contributed by atoms with Crippen LogP contribution in [0.2, 0.25) is 0 Å². The molecule has 0 unspecified atom stereocenters. The lowest BCUT2D eigenvalue weighted by atomic mass is 10.3. The largest absolute Gasteiger partial charge is 0.332 e. The van der Waals surface area contributed by atoms with Crippen LogP contribution in [0.5, 0.6) is 0 Å². The second kappa shape index (κ2) is 11.1. The molecular formula is C16H19Cl3N4S2. The maximum Gasteiger partial charge on any atom is 0.178 e. The molecule has 0 aliphatic rings. The van der Waals surface area contributed by atoms with Gasteiger partial charge in [0.2, 0.25) is 0 Å². The predicted octanol–water partition coefficient (Wildman–Crippen LogP) is 5.52. The molecule has 0 atom stereocenters. The molecule has 0 aliphatic heterocycles. The summed E-state index contributed by atoms with van der Waals surface area (Å²) < 4.78 is 0. The van der Waals surface area contributed by atoms with E-state index in [0.717, 1.165) is 45.6 Å². The van der Waals surface area contributed by atoms with Crippen LogP contribution >= 0.6 is 59.9 Å². The fourth-order valence-corrected chi connectivity index (χ4v) is 4.19. The number of imidazole rings is 1. The number of pyridine rings is 2. The van der Waals surface area contributed by atoms with Crippen LogP contribution in [0.25, 0.3) is 11.2 Å². The summed E-state index contributed by atoms with van der Waals surface area (Å²) in [5.74, 6) is 2.53. The summed E-state index contributed by atoms with van der Waals surface area (Å²) >= 11 is 9.21. The summed E-state index contributed by atoms with van der Waals surface area (Å²) in [6.07, 6.45) is 2.77. The van der Waals surface area contributed by atoms with E-state index >= 15 is 0 Å². The molecule has 3 rings (SSSR count). The summed E-state index contributed by atoms with van der Waals surface area (Å²) in [6.45, 7) is 2.03. The first kappa shape index (κ1) is 22.4. The van der Waals surface area contributed by atoms with Gasteiger partial charge in [-0.2, -0.15) is 0 Å². The minimum atomic E-state index is 0. The molecule has 0 spiro atoms. The van der Waals surface area contributed by atoms with E-state index in [4.69, 9.17) is 11.6 Å². The van der Waals surface area contributed by atoms with Gasteiger partial charge in [0.05, 0.1) is 11.2 Å². The minimum Gasteiger partial charge on any atom is -0.332 e. The molecule has 0 aliphatic carbocycles. The molecule has 3 aromatic heterocycles. The van der Waals surface area contributed by atoms with Gasteiger partial charge < -0.3 is 4.98 Å². The summed E-state index contributed by atoms with van der Waals surface area (Å²) in [5, 5.41) is 0.873. The molecule has 25 heavy (non-hydrogen) atoms. The van der Waals surface area contributed by atoms with E-state index < -0.39 is 0 Å². The third kappa shape index (κ3) is 6.53. The first-order chi connectivity index (χ1) is 11.2. The molecule has 0 saturated heterocycles. The van der Waals surface area contributed by atoms with E-state index in [2.05, 4.69) is 32.1 Å². The Bertz CT molecular complexity index is 765. The second-order valence-electron chi connectivity index (χ2n) is 5.03. The highest BCUT2D eigenvalue weighted by molar-refractivity contribution is 7.99. The second-order valence-corrected chi connectivity index (χ2v) is 7.54. The lowest BCUT2D eigenvalue weighted by molar-refractivity contribution is 1.04. The topological polar surface area (TPSA) is 54.5 Å². The van der Waals surface area contributed by atoms with Crippen molar-refractivity contribution >= 4 is 71.1 Å². The van der Waals surface area contributed by atoms with E-state index in [1.54, 1.807) is 18.0 Å². The van der Waals surface area contributed by atoms with Gasteiger partial charge in [-0.3, -0.25) is 4.98 Å². The van der Waals surface area contributed by atoms with Crippen molar-refractivity contribution in [1.82, 2.24) is 19.9 Å². The number of aromatic amines is 1. The Morgan fingerprint density at radius 3 is 2.76 bits per heavy atom. The quantitative estimate of drug-likeness (QED) is 0.300. The zero-order valence-corrected chi connectivity index (χ0v) is 17.6. The van der Waals surface area contributed by atoms with Gasteiger partial charge in [0.15, 0.2) is 10.8 Å². The number of aromatic nitrogens is 4. The molecule has 9 heteroatoms. The lowest BCUT2D eigenvalue weighted by Gasteiger charge is -2.06. The molecule has 136 valence electrons. The van der Waals surface area contributed by atoms with Crippen LogP contribution in [-0.2, 0) is 5.75 Å². The van der Waals surface area contributed by atoms with Crippen LogP contribution in [0, 0.1) is 6.92 Å². The molecule has 0 fully saturated rings. The Morgan fingerprint density at radius 2 is 2.00 bits per heavy atom. The highest BCUT2D eigenvalue weighted by Gasteiger charge is 2.06. The standard InChI is InChI=1S/C16H17ClN4S2.2ClH/c1-11-8-13(22-7-3-5-17)9-12(19-11)10-23-16-20-14-4-2-6-18-15(14)21-16;;/h2,4,6,8-9H,3,5,7,10H2,1H3,(H,18,20,21);2*1H. The van der Waals surface area contributed by atoms with Crippen LogP contribution < -0.4 is 0 Å². The fourth-order valence-electron chi connectivity index (χ4n) is 2.14. The van der Waals surface area contributed by atoms with Crippen LogP contribution in [0.4, 0.5) is 0 Å². The number of H-pyrrole nitrogens is 1. The van der Waals surface area contributed by atoms with Gasteiger partial charge in [0.1, 0.15) is 0 Å². The molecular weight excluding hydrogens is 419 g/mol. The molecule has 3 heterocycles. The Balaban J connectivity index is 0.00000156. The smallest absolute Gasteiger partial charge is 0.178 e. The van der Waals surface area contributed by atoms with Crippen LogP contribution in [0.15, 0.2) is 40.5 Å². The zero-order chi connectivity index (χ0) is 16.1. The SMILES string of the molecule is Cc1cc(SCCCCl)cc(CSc2nc3ncccc3[nH]2)n1.Cl.Cl. The fraction of sp³-hybridized carbons (Fsp3) is 0.312. The molecule has 3 aromatic rings. The van der Waals surface area contributed by atoms with Gasteiger partial charge in [0, 0.05) is 28.4 Å². The van der Waals surface area contributed by atoms with Crippen molar-refractivity contribution < 1.29 is 0 Å². The lowest BCUT2D eigenvalue weighted by Crippen LogP contribution is -1.92. The number of hydrogen-bond acceptors (Lipinski definition) is 5. The molecule has 0 radical (unpaired) electrons. The van der Waals surface area contributed by atoms with E-state index in [9.17, 15) is 0 Å². The molecule has 0 saturated carbocycles. The van der Waals surface area contributed by atoms with Crippen LogP contribution in [-0.4, -0.2) is 31.6 Å². The third-order valence-corrected chi connectivity index (χ3v) is 5.36. The van der Waals surface area contributed by atoms with Crippen molar-refractivity contribution in [3.63, 3.8) is 0 Å². The van der Waals surface area contributed by atoms with Gasteiger partial charge in [0.25, 0.3) is 0 Å². The first-order valence-corrected chi connectivity index (χ1v) is 9.85. The van der Waals surface area contributed by atoms with Crippen LogP contribution in [0.3, 0.4) is 0 Å². The molecule has 0 amide bonds. The number of nitrogens with one attached hydrogen (secondary N) is 1. The number of thioether (sulfide) groups is 2. The van der Waals surface area contributed by atoms with Crippen molar-refractivity contribution in [2.75, 3.05) is 11.6 Å². The Kier molecular flexibility index (Phi) is 9.97. The van der Waals surface area contributed by atoms with E-state index in [1.165, 1.54) is 4.90 Å². The number of nitrogens with zero attached hydrogens (tertiary/aromatic N) is 3. The molecule has 0 aromatic carbocycles. The Morgan fingerprint density at radius 1 is 1.16 bits per heavy atom. The normalized spacial score (nSPS) is 10.3. The number of halogens is 3. The first-order valence-electron chi connectivity index (χ1n) is 7.34. The average molecular weight is 438 g/mol. The number of hydrogen-bond donors (Lipinski definition) is 1. The molecule has 1 N–H and O–H groups in total. The maximum atomic E-state index is 5.74. The van der Waals surface area contributed by atoms with E-state index in [0.29, 0.717) is 5.88 Å². The van der Waals surface area contributed by atoms with Crippen molar-refractivity contribution in [2.24, 2.45) is 0 Å². The van der Waals surface area contributed by atoms with Gasteiger partial charge in [-0.05, 0) is 43.4 Å². The Labute approximate surface area is 173 Å². The maximum absolute atomic E-state index is 5.74. The monoisotopic (exact) mass is 436 g/mol. The molecule has 0 bridgehead atoms. The number of rotatable bonds is 7. The average Bonchev–Trinajstić information content (AvgIpc) is 2.96. The van der Waals surface area contributed by atoms with Crippen molar-refractivity contribution in [1.29, 1.82) is 0 Å². The summed E-state index contributed by atoms with van der Waals surface area (Å²) in [6, 6.07) is 8.16. The number of alkyl halides is 1. The summed E-state index contributed by atoms with van der Waals surface area (Å²) in [4.78, 5) is 17.9. The third-order valence-electron chi connectivity index (χ3n) is 3.12. The summed E-state index contributed by atoms with van der Waals surface area (Å²) in [7, 11) is 0. The minimum absolute atomic E-state index is 0. The van der Waals surface area contributed by atoms with Crippen LogP contribution in [0.1, 0.15) is 17.8 Å². The highest BCUT2D eigenvalue weighted by Crippen LogP contribution is 2.25. The predicted molar refractivity (Wildman–Crippen MR) is 113 cm³/mol. The van der Waals surface area contributed by atoms with Crippen molar-refractivity contribution in [3.8, 4) is 0 Å². The van der Waals surface area contributed by atoms with Gasteiger partial charge >= 0.3 is 0 Å². The number of fused-ring (bicyclic) bond motifs is 1. The van der Waals surface area contributed by atoms with E-state index in [1.807, 2.05) is 30.8 Å². The Hall–Kier alpha value is -0.660. The van der Waals surface area contributed by atoms with Gasteiger partial charge in [-0.25, -0.2) is 9.97 Å². The zero-order valence-electron chi connectivity index (χ0n) is 13.6. The number of aryl methyl sites for hydroxylation is 1. The van der Waals surface area contributed by atoms with Gasteiger partial charge in [-0.1, -0.05) is 11.8 Å². The summed E-state index contributed by atoms with van der Waals surface area (Å²) in [5.41, 5.74) is 3.83. The molecule has 4 nitrogen and oxygen atoms in total. The van der Waals surface area contributed by atoms with Crippen molar-refractivity contribution in [2.45, 2.75) is 29.1 Å². The van der Waals surface area contributed by atoms with Gasteiger partial charge in [-0.15, -0.1) is 48.2 Å². The van der Waals surface area contributed by atoms with E-state index in [-0.39, 0.29) is 24.8 Å². The van der Waals surface area contributed by atoms with Crippen molar-refractivity contribution in [3.05, 3.63) is 41.9 Å². The highest BCUT2D eigenvalue weighted by atomic mass is 35.5.